The van der Waals surface area contributed by atoms with Gasteiger partial charge in [0.15, 0.2) is 0 Å². The van der Waals surface area contributed by atoms with Gasteiger partial charge in [0.1, 0.15) is 25.7 Å². The van der Waals surface area contributed by atoms with Crippen molar-refractivity contribution in [3.05, 3.63) is 12.2 Å². The van der Waals surface area contributed by atoms with E-state index in [1.165, 1.54) is 38.5 Å². The van der Waals surface area contributed by atoms with Gasteiger partial charge in [-0.15, -0.1) is 0 Å². The predicted octanol–water partition coefficient (Wildman–Crippen LogP) is -0.446. The number of carbonyl (C=O) groups is 1. The Morgan fingerprint density at radius 2 is 1.73 bits per heavy atom. The molecule has 0 fully saturated rings. The Labute approximate surface area is 222 Å². The van der Waals surface area contributed by atoms with Crippen LogP contribution >= 0.6 is 0 Å². The number of amidine groups is 1. The molecule has 0 aromatic carbocycles. The Hall–Kier alpha value is -0.130. The zero-order valence-electron chi connectivity index (χ0n) is 20.6. The number of hydrogen-bond acceptors (Lipinski definition) is 7. The number of unbranched alkanes of at least 4 members (excludes halogenated alkanes) is 8. The van der Waals surface area contributed by atoms with Gasteiger partial charge in [0, 0.05) is 6.42 Å². The molecule has 1 rings (SSSR count). The number of ketones is 1. The maximum absolute atomic E-state index is 12.8. The van der Waals surface area contributed by atoms with Gasteiger partial charge in [0.2, 0.25) is 5.78 Å². The summed E-state index contributed by atoms with van der Waals surface area (Å²) in [5.74, 6) is -0.769. The molecule has 8 nitrogen and oxygen atoms in total. The van der Waals surface area contributed by atoms with Crippen molar-refractivity contribution in [1.29, 1.82) is 0 Å². The third-order valence-corrected chi connectivity index (χ3v) is 6.68. The summed E-state index contributed by atoms with van der Waals surface area (Å²) in [5.41, 5.74) is 0. The van der Waals surface area contributed by atoms with E-state index in [9.17, 15) is 28.0 Å². The number of aliphatic hydroxyl groups excluding tert-OH is 2. The largest absolute Gasteiger partial charge is 1.00 e. The SMILES string of the molecule is CCCCCCCC/C=C/CCCCC(=O)C1=NCC[N+]1(CCO)CC(O)CS(=O)(=O)[O-].[Na+]. The summed E-state index contributed by atoms with van der Waals surface area (Å²) in [6.45, 7) is 2.80. The maximum atomic E-state index is 12.8. The van der Waals surface area contributed by atoms with Crippen LogP contribution in [0.5, 0.6) is 0 Å². The summed E-state index contributed by atoms with van der Waals surface area (Å²) in [6, 6.07) is 0. The van der Waals surface area contributed by atoms with Crippen molar-refractivity contribution in [1.82, 2.24) is 0 Å². The Bertz CT molecular complexity index is 714. The van der Waals surface area contributed by atoms with Crippen LogP contribution in [0.1, 0.15) is 77.6 Å². The van der Waals surface area contributed by atoms with E-state index >= 15 is 0 Å². The molecule has 0 aromatic rings. The minimum absolute atomic E-state index is 0. The Morgan fingerprint density at radius 1 is 1.12 bits per heavy atom. The molecule has 0 radical (unpaired) electrons. The van der Waals surface area contributed by atoms with Crippen LogP contribution in [-0.4, -0.2) is 83.9 Å². The van der Waals surface area contributed by atoms with Gasteiger partial charge in [0.25, 0.3) is 5.84 Å². The van der Waals surface area contributed by atoms with E-state index in [0.717, 1.165) is 25.7 Å². The van der Waals surface area contributed by atoms with Crippen molar-refractivity contribution in [2.45, 2.75) is 83.7 Å². The molecule has 186 valence electrons. The molecule has 2 atom stereocenters. The molecule has 1 aliphatic heterocycles. The molecule has 10 heteroatoms. The molecule has 33 heavy (non-hydrogen) atoms. The van der Waals surface area contributed by atoms with Crippen molar-refractivity contribution < 1.29 is 62.0 Å². The van der Waals surface area contributed by atoms with E-state index in [0.29, 0.717) is 19.5 Å². The summed E-state index contributed by atoms with van der Waals surface area (Å²) >= 11 is 0. The van der Waals surface area contributed by atoms with E-state index in [4.69, 9.17) is 0 Å². The number of carbonyl (C=O) groups excluding carboxylic acids is 1. The summed E-state index contributed by atoms with van der Waals surface area (Å²) < 4.78 is 32.8. The standard InChI is InChI=1S/C23H42N2O6S.Na/c1-2-3-4-5-6-7-8-9-10-11-12-13-14-22(28)23-24-15-16-25(23,17-18-26)19-21(27)20-32(29,30)31;/h9-10,21,26-27H,2-8,11-20H2,1H3;/q;+1/b10-9+;. The molecule has 0 bridgehead atoms. The average molecular weight is 498 g/mol. The molecular weight excluding hydrogens is 455 g/mol. The van der Waals surface area contributed by atoms with Gasteiger partial charge in [-0.3, -0.25) is 9.28 Å². The molecule has 0 saturated heterocycles. The number of allylic oxidation sites excluding steroid dienone is 2. The second kappa shape index (κ2) is 18.2. The molecule has 0 aliphatic carbocycles. The van der Waals surface area contributed by atoms with Crippen LogP contribution in [0.4, 0.5) is 0 Å². The molecule has 0 amide bonds. The van der Waals surface area contributed by atoms with Crippen molar-refractivity contribution in [3.63, 3.8) is 0 Å². The van der Waals surface area contributed by atoms with Crippen molar-refractivity contribution in [2.24, 2.45) is 4.99 Å². The van der Waals surface area contributed by atoms with Crippen LogP contribution in [0.25, 0.3) is 0 Å². The minimum Gasteiger partial charge on any atom is -0.748 e. The zero-order chi connectivity index (χ0) is 23.9. The second-order valence-electron chi connectivity index (χ2n) is 8.78. The number of aliphatic imine (C=N–C) groups is 1. The molecule has 2 unspecified atom stereocenters. The Morgan fingerprint density at radius 3 is 2.33 bits per heavy atom. The van der Waals surface area contributed by atoms with Crippen molar-refractivity contribution in [2.75, 3.05) is 38.5 Å². The fourth-order valence-corrected chi connectivity index (χ4v) is 4.84. The van der Waals surface area contributed by atoms with E-state index in [1.807, 2.05) is 0 Å². The maximum Gasteiger partial charge on any atom is 1.00 e. The molecule has 2 N–H and O–H groups in total. The van der Waals surface area contributed by atoms with Gasteiger partial charge >= 0.3 is 29.6 Å². The Kier molecular flexibility index (Phi) is 18.1. The number of nitrogens with zero attached hydrogens (tertiary/aromatic N) is 2. The van der Waals surface area contributed by atoms with Crippen LogP contribution in [0.2, 0.25) is 0 Å². The first-order chi connectivity index (χ1) is 15.2. The quantitative estimate of drug-likeness (QED) is 0.0819. The number of aliphatic hydroxyl groups is 2. The van der Waals surface area contributed by atoms with Crippen LogP contribution in [0.3, 0.4) is 0 Å². The van der Waals surface area contributed by atoms with Gasteiger partial charge in [-0.25, -0.2) is 13.4 Å². The summed E-state index contributed by atoms with van der Waals surface area (Å²) in [5, 5.41) is 19.5. The molecule has 1 heterocycles. The fourth-order valence-electron chi connectivity index (χ4n) is 4.26. The van der Waals surface area contributed by atoms with Gasteiger partial charge in [-0.05, 0) is 32.1 Å². The van der Waals surface area contributed by atoms with Gasteiger partial charge in [-0.1, -0.05) is 51.2 Å². The normalized spacial score (nSPS) is 19.5. The first-order valence-corrected chi connectivity index (χ1v) is 13.6. The number of rotatable bonds is 19. The van der Waals surface area contributed by atoms with Gasteiger partial charge < -0.3 is 14.8 Å². The number of quaternary nitrogens is 1. The van der Waals surface area contributed by atoms with E-state index in [-0.39, 0.29) is 65.4 Å². The van der Waals surface area contributed by atoms with Crippen LogP contribution in [-0.2, 0) is 14.9 Å². The van der Waals surface area contributed by atoms with Crippen LogP contribution in [0, 0.1) is 0 Å². The molecule has 1 aliphatic rings. The average Bonchev–Trinajstić information content (AvgIpc) is 3.10. The molecule has 0 saturated carbocycles. The molecule has 0 spiro atoms. The summed E-state index contributed by atoms with van der Waals surface area (Å²) in [7, 11) is -4.58. The van der Waals surface area contributed by atoms with Crippen LogP contribution < -0.4 is 29.6 Å². The topological polar surface area (TPSA) is 127 Å². The molecular formula is C23H42N2NaO6S+. The van der Waals surface area contributed by atoms with E-state index < -0.39 is 22.0 Å². The number of Topliss-reactive ketones (excluding diaryl/α,β-unsaturated/α-hetero) is 1. The fraction of sp³-hybridized carbons (Fsp3) is 0.826. The first-order valence-electron chi connectivity index (χ1n) is 12.1. The van der Waals surface area contributed by atoms with Gasteiger partial charge in [0.05, 0.1) is 29.0 Å². The van der Waals surface area contributed by atoms with E-state index in [2.05, 4.69) is 24.1 Å². The van der Waals surface area contributed by atoms with Crippen LogP contribution in [0.15, 0.2) is 17.1 Å². The third-order valence-electron chi connectivity index (χ3n) is 5.89. The molecule has 0 aromatic heterocycles. The second-order valence-corrected chi connectivity index (χ2v) is 10.2. The summed E-state index contributed by atoms with van der Waals surface area (Å²) in [4.78, 5) is 17.1. The smallest absolute Gasteiger partial charge is 0.748 e. The monoisotopic (exact) mass is 497 g/mol. The van der Waals surface area contributed by atoms with E-state index in [1.54, 1.807) is 0 Å². The third kappa shape index (κ3) is 14.1. The van der Waals surface area contributed by atoms with Gasteiger partial charge in [-0.2, -0.15) is 0 Å². The van der Waals surface area contributed by atoms with Crippen molar-refractivity contribution in [3.8, 4) is 0 Å². The Balaban J connectivity index is 0.0000102. The predicted molar refractivity (Wildman–Crippen MR) is 125 cm³/mol. The number of hydrogen-bond donors (Lipinski definition) is 2. The zero-order valence-corrected chi connectivity index (χ0v) is 23.4. The first kappa shape index (κ1) is 32.9. The summed E-state index contributed by atoms with van der Waals surface area (Å²) in [6.07, 6.45) is 14.7. The van der Waals surface area contributed by atoms with Crippen molar-refractivity contribution >= 4 is 21.7 Å². The minimum atomic E-state index is -4.58.